The van der Waals surface area contributed by atoms with Gasteiger partial charge in [-0.2, -0.15) is 0 Å². The van der Waals surface area contributed by atoms with Crippen molar-refractivity contribution >= 4 is 5.97 Å². The van der Waals surface area contributed by atoms with Crippen LogP contribution in [0.5, 0.6) is 0 Å². The van der Waals surface area contributed by atoms with Gasteiger partial charge in [-0.3, -0.25) is 0 Å². The predicted molar refractivity (Wildman–Crippen MR) is 77.7 cm³/mol. The van der Waals surface area contributed by atoms with Gasteiger partial charge in [0.15, 0.2) is 5.82 Å². The fourth-order valence-electron chi connectivity index (χ4n) is 1.93. The monoisotopic (exact) mass is 286 g/mol. The summed E-state index contributed by atoms with van der Waals surface area (Å²) in [6.45, 7) is 3.19. The van der Waals surface area contributed by atoms with Crippen LogP contribution in [0.25, 0.3) is 11.4 Å². The highest BCUT2D eigenvalue weighted by Gasteiger charge is 2.09. The second-order valence-corrected chi connectivity index (χ2v) is 4.76. The van der Waals surface area contributed by atoms with Crippen LogP contribution < -0.4 is 0 Å². The van der Waals surface area contributed by atoms with Crippen molar-refractivity contribution in [3.8, 4) is 11.4 Å². The maximum atomic E-state index is 12.8. The Bertz CT molecular complexity index is 707. The molecule has 0 aliphatic heterocycles. The second-order valence-electron chi connectivity index (χ2n) is 4.76. The molecule has 1 N–H and O–H groups in total. The van der Waals surface area contributed by atoms with Crippen LogP contribution in [-0.4, -0.2) is 21.0 Å². The van der Waals surface area contributed by atoms with Crippen LogP contribution in [0.3, 0.4) is 0 Å². The van der Waals surface area contributed by atoms with Crippen molar-refractivity contribution in [2.45, 2.75) is 20.3 Å². The molecule has 108 valence electrons. The molecule has 0 saturated heterocycles. The standard InChI is InChI=1S/C16H15FN2O2/c1-10-7-12(9-13(8-10)16(20)21)15-18-6-5-14(19-15)4-3-11(2)17/h3,5-9H,4H2,1-2H3,(H,20,21)/b11-3+. The third-order valence-electron chi connectivity index (χ3n) is 2.89. The third-order valence-corrected chi connectivity index (χ3v) is 2.89. The molecule has 0 spiro atoms. The number of hydrogen-bond donors (Lipinski definition) is 1. The first kappa shape index (κ1) is 14.8. The van der Waals surface area contributed by atoms with Gasteiger partial charge >= 0.3 is 5.97 Å². The number of carboxylic acid groups (broad SMARTS) is 1. The summed E-state index contributed by atoms with van der Waals surface area (Å²) in [6, 6.07) is 6.65. The summed E-state index contributed by atoms with van der Waals surface area (Å²) in [5.41, 5.74) is 2.32. The van der Waals surface area contributed by atoms with Crippen LogP contribution in [0.15, 0.2) is 42.4 Å². The number of allylic oxidation sites excluding steroid dienone is 2. The fourth-order valence-corrected chi connectivity index (χ4v) is 1.93. The van der Waals surface area contributed by atoms with Gasteiger partial charge < -0.3 is 5.11 Å². The normalized spacial score (nSPS) is 11.5. The highest BCUT2D eigenvalue weighted by atomic mass is 19.1. The van der Waals surface area contributed by atoms with Crippen molar-refractivity contribution in [2.24, 2.45) is 0 Å². The van der Waals surface area contributed by atoms with Crippen molar-refractivity contribution in [2.75, 3.05) is 0 Å². The van der Waals surface area contributed by atoms with Gasteiger partial charge in [0, 0.05) is 23.9 Å². The smallest absolute Gasteiger partial charge is 0.335 e. The van der Waals surface area contributed by atoms with E-state index in [4.69, 9.17) is 5.11 Å². The zero-order valence-corrected chi connectivity index (χ0v) is 11.8. The minimum absolute atomic E-state index is 0.193. The lowest BCUT2D eigenvalue weighted by Gasteiger charge is -2.05. The lowest BCUT2D eigenvalue weighted by molar-refractivity contribution is 0.0697. The first-order valence-corrected chi connectivity index (χ1v) is 6.45. The third kappa shape index (κ3) is 3.95. The Morgan fingerprint density at radius 1 is 1.38 bits per heavy atom. The molecule has 0 unspecified atom stereocenters. The molecule has 0 radical (unpaired) electrons. The summed E-state index contributed by atoms with van der Waals surface area (Å²) in [6.07, 6.45) is 3.39. The molecular formula is C16H15FN2O2. The summed E-state index contributed by atoms with van der Waals surface area (Å²) in [5.74, 6) is -0.824. The van der Waals surface area contributed by atoms with Gasteiger partial charge in [-0.15, -0.1) is 0 Å². The van der Waals surface area contributed by atoms with E-state index >= 15 is 0 Å². The Morgan fingerprint density at radius 2 is 2.14 bits per heavy atom. The Hall–Kier alpha value is -2.56. The van der Waals surface area contributed by atoms with Crippen molar-refractivity contribution in [3.05, 3.63) is 59.2 Å². The molecule has 2 rings (SSSR count). The molecule has 0 fully saturated rings. The van der Waals surface area contributed by atoms with E-state index in [2.05, 4.69) is 9.97 Å². The largest absolute Gasteiger partial charge is 0.478 e. The summed E-state index contributed by atoms with van der Waals surface area (Å²) in [5, 5.41) is 9.09. The highest BCUT2D eigenvalue weighted by molar-refractivity contribution is 5.89. The number of carboxylic acids is 1. The molecule has 4 nitrogen and oxygen atoms in total. The molecule has 2 aromatic rings. The molecule has 0 bridgehead atoms. The van der Waals surface area contributed by atoms with Crippen molar-refractivity contribution in [1.29, 1.82) is 0 Å². The van der Waals surface area contributed by atoms with Crippen LogP contribution >= 0.6 is 0 Å². The average molecular weight is 286 g/mol. The van der Waals surface area contributed by atoms with Crippen molar-refractivity contribution < 1.29 is 14.3 Å². The summed E-state index contributed by atoms with van der Waals surface area (Å²) < 4.78 is 12.8. The second kappa shape index (κ2) is 6.26. The molecule has 0 atom stereocenters. The summed E-state index contributed by atoms with van der Waals surface area (Å²) in [7, 11) is 0. The van der Waals surface area contributed by atoms with Crippen LogP contribution in [0.1, 0.15) is 28.5 Å². The van der Waals surface area contributed by atoms with Gasteiger partial charge in [-0.05, 0) is 49.8 Å². The van der Waals surface area contributed by atoms with E-state index in [9.17, 15) is 9.18 Å². The quantitative estimate of drug-likeness (QED) is 0.933. The average Bonchev–Trinajstić information content (AvgIpc) is 2.44. The van der Waals surface area contributed by atoms with Crippen LogP contribution in [-0.2, 0) is 6.42 Å². The van der Waals surface area contributed by atoms with E-state index in [1.165, 1.54) is 19.1 Å². The zero-order valence-electron chi connectivity index (χ0n) is 11.8. The van der Waals surface area contributed by atoms with E-state index in [1.54, 1.807) is 18.3 Å². The molecular weight excluding hydrogens is 271 g/mol. The van der Waals surface area contributed by atoms with Gasteiger partial charge in [0.1, 0.15) is 0 Å². The number of halogens is 1. The Balaban J connectivity index is 2.40. The van der Waals surface area contributed by atoms with Crippen molar-refractivity contribution in [1.82, 2.24) is 9.97 Å². The summed E-state index contributed by atoms with van der Waals surface area (Å²) >= 11 is 0. The molecule has 21 heavy (non-hydrogen) atoms. The van der Waals surface area contributed by atoms with E-state index in [-0.39, 0.29) is 11.4 Å². The van der Waals surface area contributed by atoms with E-state index in [0.717, 1.165) is 5.56 Å². The lowest BCUT2D eigenvalue weighted by atomic mass is 10.1. The number of carbonyl (C=O) groups is 1. The SMILES string of the molecule is C/C(F)=C\Cc1ccnc(-c2cc(C)cc(C(=O)O)c2)n1. The zero-order chi connectivity index (χ0) is 15.4. The van der Waals surface area contributed by atoms with Gasteiger partial charge in [-0.1, -0.05) is 0 Å². The molecule has 1 aromatic heterocycles. The van der Waals surface area contributed by atoms with Crippen LogP contribution in [0, 0.1) is 6.92 Å². The number of aromatic carboxylic acids is 1. The molecule has 1 aromatic carbocycles. The first-order valence-electron chi connectivity index (χ1n) is 6.45. The number of rotatable bonds is 4. The number of aromatic nitrogens is 2. The van der Waals surface area contributed by atoms with E-state index in [0.29, 0.717) is 23.5 Å². The minimum atomic E-state index is -0.993. The molecule has 0 saturated carbocycles. The van der Waals surface area contributed by atoms with Gasteiger partial charge in [0.05, 0.1) is 11.4 Å². The van der Waals surface area contributed by atoms with Crippen molar-refractivity contribution in [3.63, 3.8) is 0 Å². The number of aryl methyl sites for hydroxylation is 1. The van der Waals surface area contributed by atoms with Gasteiger partial charge in [0.2, 0.25) is 0 Å². The number of hydrogen-bond acceptors (Lipinski definition) is 3. The first-order chi connectivity index (χ1) is 9.95. The Labute approximate surface area is 122 Å². The molecule has 0 amide bonds. The van der Waals surface area contributed by atoms with Gasteiger partial charge in [-0.25, -0.2) is 19.2 Å². The molecule has 0 aliphatic carbocycles. The minimum Gasteiger partial charge on any atom is -0.478 e. The summed E-state index contributed by atoms with van der Waals surface area (Å²) in [4.78, 5) is 19.6. The van der Waals surface area contributed by atoms with Crippen LogP contribution in [0.4, 0.5) is 4.39 Å². The van der Waals surface area contributed by atoms with E-state index < -0.39 is 5.97 Å². The number of nitrogens with zero attached hydrogens (tertiary/aromatic N) is 2. The Kier molecular flexibility index (Phi) is 4.42. The molecule has 0 aliphatic rings. The molecule has 1 heterocycles. The van der Waals surface area contributed by atoms with Gasteiger partial charge in [0.25, 0.3) is 0 Å². The van der Waals surface area contributed by atoms with Crippen LogP contribution in [0.2, 0.25) is 0 Å². The topological polar surface area (TPSA) is 63.1 Å². The highest BCUT2D eigenvalue weighted by Crippen LogP contribution is 2.19. The lowest BCUT2D eigenvalue weighted by Crippen LogP contribution is -1.99. The maximum absolute atomic E-state index is 12.8. The Morgan fingerprint density at radius 3 is 2.81 bits per heavy atom. The molecule has 5 heteroatoms. The number of benzene rings is 1. The fraction of sp³-hybridized carbons (Fsp3) is 0.188. The van der Waals surface area contributed by atoms with E-state index in [1.807, 2.05) is 13.0 Å². The predicted octanol–water partition coefficient (Wildman–Crippen LogP) is 3.57. The maximum Gasteiger partial charge on any atom is 0.335 e.